The van der Waals surface area contributed by atoms with Gasteiger partial charge in [0.2, 0.25) is 0 Å². The van der Waals surface area contributed by atoms with E-state index in [1.54, 1.807) is 4.52 Å². The molecule has 2 aromatic heterocycles. The summed E-state index contributed by atoms with van der Waals surface area (Å²) in [7, 11) is 0. The van der Waals surface area contributed by atoms with Gasteiger partial charge in [0.05, 0.1) is 24.0 Å². The van der Waals surface area contributed by atoms with E-state index >= 15 is 0 Å². The largest absolute Gasteiger partial charge is 0.492 e. The van der Waals surface area contributed by atoms with Crippen LogP contribution in [0.15, 0.2) is 18.3 Å². The van der Waals surface area contributed by atoms with Crippen LogP contribution >= 0.6 is 0 Å². The van der Waals surface area contributed by atoms with Gasteiger partial charge in [0, 0.05) is 5.92 Å². The van der Waals surface area contributed by atoms with Crippen LogP contribution in [0, 0.1) is 11.3 Å². The normalized spacial score (nSPS) is 12.3. The van der Waals surface area contributed by atoms with Crippen molar-refractivity contribution in [3.8, 4) is 11.8 Å². The molecule has 0 spiro atoms. The second-order valence-electron chi connectivity index (χ2n) is 5.25. The van der Waals surface area contributed by atoms with Crippen LogP contribution in [-0.4, -0.2) is 16.2 Å². The smallest absolute Gasteiger partial charge is 0.137 e. The number of pyridine rings is 1. The van der Waals surface area contributed by atoms with Gasteiger partial charge in [-0.2, -0.15) is 10.4 Å². The van der Waals surface area contributed by atoms with Crippen LogP contribution in [-0.2, 0) is 0 Å². The predicted octanol–water partition coefficient (Wildman–Crippen LogP) is 4.29. The van der Waals surface area contributed by atoms with Gasteiger partial charge >= 0.3 is 0 Å². The molecule has 0 aromatic carbocycles. The van der Waals surface area contributed by atoms with Crippen LogP contribution in [0.5, 0.6) is 5.75 Å². The first-order valence-electron chi connectivity index (χ1n) is 7.80. The molecule has 0 radical (unpaired) electrons. The van der Waals surface area contributed by atoms with Crippen molar-refractivity contribution in [1.82, 2.24) is 9.61 Å². The number of nitrogens with zero attached hydrogens (tertiary/aromatic N) is 3. The van der Waals surface area contributed by atoms with E-state index in [4.69, 9.17) is 4.74 Å². The molecule has 0 saturated heterocycles. The van der Waals surface area contributed by atoms with Crippen molar-refractivity contribution in [2.24, 2.45) is 0 Å². The Morgan fingerprint density at radius 2 is 2.14 bits per heavy atom. The zero-order valence-corrected chi connectivity index (χ0v) is 13.1. The number of fused-ring (bicyclic) bond motifs is 1. The average molecular weight is 285 g/mol. The molecule has 0 amide bonds. The lowest BCUT2D eigenvalue weighted by Crippen LogP contribution is -2.01. The minimum atomic E-state index is 0.357. The Bertz CT molecular complexity index is 639. The maximum absolute atomic E-state index is 9.51. The van der Waals surface area contributed by atoms with E-state index in [-0.39, 0.29) is 0 Å². The number of ether oxygens (including phenoxy) is 1. The lowest BCUT2D eigenvalue weighted by Gasteiger charge is -2.11. The zero-order valence-electron chi connectivity index (χ0n) is 13.1. The third-order valence-corrected chi connectivity index (χ3v) is 3.84. The standard InChI is InChI=1S/C17H23N3O/c1-4-7-8-13(5-2)17-15(11-18)16-10-9-14(21-6-3)12-20(16)19-17/h9-10,12-13H,4-8H2,1-3H3. The van der Waals surface area contributed by atoms with Gasteiger partial charge in [-0.3, -0.25) is 0 Å². The monoisotopic (exact) mass is 285 g/mol. The average Bonchev–Trinajstić information content (AvgIpc) is 2.86. The summed E-state index contributed by atoms with van der Waals surface area (Å²) in [5, 5.41) is 14.2. The molecule has 2 heterocycles. The molecular weight excluding hydrogens is 262 g/mol. The summed E-state index contributed by atoms with van der Waals surface area (Å²) in [6.07, 6.45) is 6.29. The topological polar surface area (TPSA) is 50.3 Å². The molecule has 112 valence electrons. The first kappa shape index (κ1) is 15.4. The molecule has 4 heteroatoms. The highest BCUT2D eigenvalue weighted by atomic mass is 16.5. The summed E-state index contributed by atoms with van der Waals surface area (Å²) >= 11 is 0. The molecule has 0 aliphatic carbocycles. The van der Waals surface area contributed by atoms with Crippen LogP contribution in [0.3, 0.4) is 0 Å². The van der Waals surface area contributed by atoms with E-state index in [0.717, 1.165) is 29.8 Å². The highest BCUT2D eigenvalue weighted by Crippen LogP contribution is 2.30. The van der Waals surface area contributed by atoms with E-state index in [9.17, 15) is 5.26 Å². The number of hydrogen-bond acceptors (Lipinski definition) is 3. The van der Waals surface area contributed by atoms with E-state index in [1.165, 1.54) is 12.8 Å². The summed E-state index contributed by atoms with van der Waals surface area (Å²) in [6, 6.07) is 6.16. The van der Waals surface area contributed by atoms with E-state index in [0.29, 0.717) is 18.1 Å². The van der Waals surface area contributed by atoms with Crippen molar-refractivity contribution in [2.45, 2.75) is 52.4 Å². The molecule has 1 atom stereocenters. The highest BCUT2D eigenvalue weighted by molar-refractivity contribution is 5.64. The number of hydrogen-bond donors (Lipinski definition) is 0. The zero-order chi connectivity index (χ0) is 15.2. The summed E-state index contributed by atoms with van der Waals surface area (Å²) < 4.78 is 7.29. The fourth-order valence-electron chi connectivity index (χ4n) is 2.69. The third-order valence-electron chi connectivity index (χ3n) is 3.84. The molecule has 2 aromatic rings. The Morgan fingerprint density at radius 3 is 2.76 bits per heavy atom. The van der Waals surface area contributed by atoms with Crippen molar-refractivity contribution >= 4 is 5.52 Å². The molecule has 0 fully saturated rings. The van der Waals surface area contributed by atoms with Crippen LogP contribution in [0.25, 0.3) is 5.52 Å². The van der Waals surface area contributed by atoms with Crippen LogP contribution in [0.4, 0.5) is 0 Å². The Labute approximate surface area is 126 Å². The van der Waals surface area contributed by atoms with Gasteiger partial charge in [-0.15, -0.1) is 0 Å². The Balaban J connectivity index is 2.45. The van der Waals surface area contributed by atoms with Gasteiger partial charge in [0.1, 0.15) is 17.4 Å². The maximum Gasteiger partial charge on any atom is 0.137 e. The molecule has 2 rings (SSSR count). The number of rotatable bonds is 7. The fourth-order valence-corrected chi connectivity index (χ4v) is 2.69. The van der Waals surface area contributed by atoms with Crippen molar-refractivity contribution < 1.29 is 4.74 Å². The van der Waals surface area contributed by atoms with E-state index in [2.05, 4.69) is 25.0 Å². The van der Waals surface area contributed by atoms with Gasteiger partial charge in [0.15, 0.2) is 0 Å². The number of unbranched alkanes of at least 4 members (excludes halogenated alkanes) is 1. The Morgan fingerprint density at radius 1 is 1.33 bits per heavy atom. The summed E-state index contributed by atoms with van der Waals surface area (Å²) in [5.74, 6) is 1.14. The highest BCUT2D eigenvalue weighted by Gasteiger charge is 2.20. The Hall–Kier alpha value is -2.02. The second-order valence-corrected chi connectivity index (χ2v) is 5.25. The van der Waals surface area contributed by atoms with Crippen molar-refractivity contribution in [3.05, 3.63) is 29.6 Å². The summed E-state index contributed by atoms with van der Waals surface area (Å²) in [5.41, 5.74) is 2.51. The first-order chi connectivity index (χ1) is 10.2. The molecule has 0 N–H and O–H groups in total. The summed E-state index contributed by atoms with van der Waals surface area (Å²) in [6.45, 7) is 6.93. The van der Waals surface area contributed by atoms with Gasteiger partial charge in [-0.25, -0.2) is 4.52 Å². The lowest BCUT2D eigenvalue weighted by molar-refractivity contribution is 0.338. The molecule has 0 bridgehead atoms. The lowest BCUT2D eigenvalue weighted by atomic mass is 9.93. The van der Waals surface area contributed by atoms with E-state index in [1.807, 2.05) is 25.3 Å². The van der Waals surface area contributed by atoms with Gasteiger partial charge in [-0.05, 0) is 31.9 Å². The van der Waals surface area contributed by atoms with E-state index < -0.39 is 0 Å². The molecule has 1 unspecified atom stereocenters. The number of aromatic nitrogens is 2. The number of nitriles is 1. The first-order valence-corrected chi connectivity index (χ1v) is 7.80. The van der Waals surface area contributed by atoms with Crippen LogP contribution in [0.1, 0.15) is 63.6 Å². The van der Waals surface area contributed by atoms with Gasteiger partial charge < -0.3 is 4.74 Å². The molecule has 0 saturated carbocycles. The molecule has 0 aliphatic heterocycles. The van der Waals surface area contributed by atoms with Crippen molar-refractivity contribution in [2.75, 3.05) is 6.61 Å². The van der Waals surface area contributed by atoms with Crippen molar-refractivity contribution in [3.63, 3.8) is 0 Å². The second kappa shape index (κ2) is 7.12. The minimum Gasteiger partial charge on any atom is -0.492 e. The molecule has 0 aliphatic rings. The van der Waals surface area contributed by atoms with Crippen LogP contribution < -0.4 is 4.74 Å². The Kier molecular flexibility index (Phi) is 5.21. The molecular formula is C17H23N3O. The SMILES string of the molecule is CCCCC(CC)c1nn2cc(OCC)ccc2c1C#N. The van der Waals surface area contributed by atoms with Crippen LogP contribution in [0.2, 0.25) is 0 Å². The fraction of sp³-hybridized carbons (Fsp3) is 0.529. The van der Waals surface area contributed by atoms with Crippen molar-refractivity contribution in [1.29, 1.82) is 5.26 Å². The minimum absolute atomic E-state index is 0.357. The predicted molar refractivity (Wildman–Crippen MR) is 83.6 cm³/mol. The molecule has 21 heavy (non-hydrogen) atoms. The molecule has 4 nitrogen and oxygen atoms in total. The third kappa shape index (κ3) is 3.18. The van der Waals surface area contributed by atoms with Gasteiger partial charge in [0.25, 0.3) is 0 Å². The maximum atomic E-state index is 9.51. The summed E-state index contributed by atoms with van der Waals surface area (Å²) in [4.78, 5) is 0. The quantitative estimate of drug-likeness (QED) is 0.762. The van der Waals surface area contributed by atoms with Gasteiger partial charge in [-0.1, -0.05) is 26.7 Å².